The molecule has 0 saturated carbocycles. The van der Waals surface area contributed by atoms with E-state index in [2.05, 4.69) is 15.3 Å². The Balaban J connectivity index is 1.71. The number of nitrogens with one attached hydrogen (secondary N) is 1. The Morgan fingerprint density at radius 2 is 2.14 bits per heavy atom. The number of thiazole rings is 1. The Kier molecular flexibility index (Phi) is 4.68. The normalized spacial score (nSPS) is 10.6. The molecule has 0 spiro atoms. The third-order valence-electron chi connectivity index (χ3n) is 3.13. The van der Waals surface area contributed by atoms with Crippen molar-refractivity contribution in [2.24, 2.45) is 0 Å². The average molecular weight is 332 g/mol. The molecule has 0 aliphatic rings. The first-order chi connectivity index (χ1) is 10.8. The Morgan fingerprint density at radius 3 is 2.91 bits per heavy atom. The number of aliphatic hydroxyl groups is 1. The largest absolute Gasteiger partial charge is 0.392 e. The van der Waals surface area contributed by atoms with E-state index in [0.717, 1.165) is 26.7 Å². The minimum Gasteiger partial charge on any atom is -0.392 e. The third kappa shape index (κ3) is 3.44. The van der Waals surface area contributed by atoms with Gasteiger partial charge in [0.1, 0.15) is 5.01 Å². The third-order valence-corrected chi connectivity index (χ3v) is 4.50. The summed E-state index contributed by atoms with van der Waals surface area (Å²) in [6, 6.07) is 9.33. The molecule has 0 aliphatic heterocycles. The highest BCUT2D eigenvalue weighted by molar-refractivity contribution is 7.15. The second-order valence-corrected chi connectivity index (χ2v) is 6.22. The number of aliphatic hydroxyl groups excluding tert-OH is 1. The molecule has 0 unspecified atom stereocenters. The molecule has 0 bridgehead atoms. The molecule has 0 fully saturated rings. The van der Waals surface area contributed by atoms with Gasteiger partial charge < -0.3 is 10.4 Å². The van der Waals surface area contributed by atoms with Crippen LogP contribution in [0.4, 0.5) is 5.69 Å². The van der Waals surface area contributed by atoms with Crippen LogP contribution >= 0.6 is 22.9 Å². The van der Waals surface area contributed by atoms with Gasteiger partial charge in [0.05, 0.1) is 23.9 Å². The summed E-state index contributed by atoms with van der Waals surface area (Å²) in [7, 11) is 0. The zero-order valence-corrected chi connectivity index (χ0v) is 13.2. The lowest BCUT2D eigenvalue weighted by molar-refractivity contribution is 0.282. The summed E-state index contributed by atoms with van der Waals surface area (Å²) in [4.78, 5) is 9.63. The summed E-state index contributed by atoms with van der Waals surface area (Å²) >= 11 is 7.77. The number of hydrogen-bond donors (Lipinski definition) is 2. The summed E-state index contributed by atoms with van der Waals surface area (Å²) in [5.41, 5.74) is 2.65. The quantitative estimate of drug-likeness (QED) is 0.743. The summed E-state index contributed by atoms with van der Waals surface area (Å²) in [6.07, 6.45) is 5.40. The van der Waals surface area contributed by atoms with E-state index in [1.807, 2.05) is 24.4 Å². The van der Waals surface area contributed by atoms with Gasteiger partial charge in [-0.15, -0.1) is 11.3 Å². The van der Waals surface area contributed by atoms with Crippen molar-refractivity contribution in [1.29, 1.82) is 0 Å². The van der Waals surface area contributed by atoms with E-state index in [-0.39, 0.29) is 6.61 Å². The Bertz CT molecular complexity index is 761. The smallest absolute Gasteiger partial charge is 0.125 e. The maximum atomic E-state index is 9.18. The van der Waals surface area contributed by atoms with Gasteiger partial charge in [0, 0.05) is 29.0 Å². The van der Waals surface area contributed by atoms with Gasteiger partial charge in [-0.3, -0.25) is 4.98 Å². The lowest BCUT2D eigenvalue weighted by atomic mass is 10.2. The highest BCUT2D eigenvalue weighted by atomic mass is 35.5. The van der Waals surface area contributed by atoms with Crippen LogP contribution in [0, 0.1) is 0 Å². The minimum atomic E-state index is -0.00242. The topological polar surface area (TPSA) is 58.0 Å². The molecule has 3 rings (SSSR count). The van der Waals surface area contributed by atoms with Crippen LogP contribution in [0.25, 0.3) is 10.6 Å². The second-order valence-electron chi connectivity index (χ2n) is 4.70. The lowest BCUT2D eigenvalue weighted by Crippen LogP contribution is -1.99. The fourth-order valence-corrected chi connectivity index (χ4v) is 3.03. The van der Waals surface area contributed by atoms with E-state index in [0.29, 0.717) is 11.6 Å². The zero-order valence-electron chi connectivity index (χ0n) is 11.7. The van der Waals surface area contributed by atoms with Crippen LogP contribution in [-0.2, 0) is 13.2 Å². The van der Waals surface area contributed by atoms with Crippen LogP contribution < -0.4 is 5.32 Å². The second kappa shape index (κ2) is 6.87. The van der Waals surface area contributed by atoms with Gasteiger partial charge >= 0.3 is 0 Å². The SMILES string of the molecule is OCc1ccc(Cl)c(NCc2cnc(-c3cccnc3)s2)c1. The first-order valence-electron chi connectivity index (χ1n) is 6.74. The number of pyridine rings is 1. The number of anilines is 1. The van der Waals surface area contributed by atoms with Crippen molar-refractivity contribution in [1.82, 2.24) is 9.97 Å². The van der Waals surface area contributed by atoms with Crippen molar-refractivity contribution in [3.8, 4) is 10.6 Å². The van der Waals surface area contributed by atoms with Crippen LogP contribution in [0.2, 0.25) is 5.02 Å². The minimum absolute atomic E-state index is 0.00242. The number of aromatic nitrogens is 2. The molecule has 22 heavy (non-hydrogen) atoms. The fraction of sp³-hybridized carbons (Fsp3) is 0.125. The molecule has 2 aromatic heterocycles. The van der Waals surface area contributed by atoms with Crippen LogP contribution in [0.3, 0.4) is 0 Å². The number of benzene rings is 1. The van der Waals surface area contributed by atoms with E-state index in [1.165, 1.54) is 0 Å². The fourth-order valence-electron chi connectivity index (χ4n) is 2.00. The molecule has 0 amide bonds. The maximum Gasteiger partial charge on any atom is 0.125 e. The maximum absolute atomic E-state index is 9.18. The highest BCUT2D eigenvalue weighted by Gasteiger charge is 2.06. The predicted molar refractivity (Wildman–Crippen MR) is 90.0 cm³/mol. The monoisotopic (exact) mass is 331 g/mol. The van der Waals surface area contributed by atoms with Crippen LogP contribution in [-0.4, -0.2) is 15.1 Å². The molecule has 0 atom stereocenters. The van der Waals surface area contributed by atoms with Gasteiger partial charge in [-0.25, -0.2) is 4.98 Å². The first kappa shape index (κ1) is 15.0. The van der Waals surface area contributed by atoms with Crippen molar-refractivity contribution < 1.29 is 5.11 Å². The van der Waals surface area contributed by atoms with E-state index in [4.69, 9.17) is 11.6 Å². The van der Waals surface area contributed by atoms with E-state index < -0.39 is 0 Å². The molecule has 3 aromatic rings. The molecule has 0 radical (unpaired) electrons. The summed E-state index contributed by atoms with van der Waals surface area (Å²) in [5, 5.41) is 14.0. The van der Waals surface area contributed by atoms with Crippen LogP contribution in [0.15, 0.2) is 48.9 Å². The zero-order chi connectivity index (χ0) is 15.4. The predicted octanol–water partition coefficient (Wildman–Crippen LogP) is 3.96. The van der Waals surface area contributed by atoms with Crippen molar-refractivity contribution in [3.63, 3.8) is 0 Å². The summed E-state index contributed by atoms with van der Waals surface area (Å²) in [5.74, 6) is 0. The number of halogens is 1. The van der Waals surface area contributed by atoms with Gasteiger partial charge in [-0.1, -0.05) is 17.7 Å². The lowest BCUT2D eigenvalue weighted by Gasteiger charge is -2.08. The molecule has 4 nitrogen and oxygen atoms in total. The first-order valence-corrected chi connectivity index (χ1v) is 7.94. The highest BCUT2D eigenvalue weighted by Crippen LogP contribution is 2.27. The molecule has 0 saturated heterocycles. The Morgan fingerprint density at radius 1 is 1.23 bits per heavy atom. The number of hydrogen-bond acceptors (Lipinski definition) is 5. The van der Waals surface area contributed by atoms with E-state index in [9.17, 15) is 5.11 Å². The van der Waals surface area contributed by atoms with Crippen molar-refractivity contribution >= 4 is 28.6 Å². The van der Waals surface area contributed by atoms with Crippen molar-refractivity contribution in [3.05, 3.63) is 64.4 Å². The van der Waals surface area contributed by atoms with E-state index in [1.54, 1.807) is 35.9 Å². The van der Waals surface area contributed by atoms with Crippen molar-refractivity contribution in [2.75, 3.05) is 5.32 Å². The van der Waals surface area contributed by atoms with Gasteiger partial charge in [0.25, 0.3) is 0 Å². The number of nitrogens with zero attached hydrogens (tertiary/aromatic N) is 2. The molecule has 0 aliphatic carbocycles. The van der Waals surface area contributed by atoms with Crippen molar-refractivity contribution in [2.45, 2.75) is 13.2 Å². The average Bonchev–Trinajstić information content (AvgIpc) is 3.04. The molecule has 2 heterocycles. The van der Waals surface area contributed by atoms with Gasteiger partial charge in [-0.2, -0.15) is 0 Å². The summed E-state index contributed by atoms with van der Waals surface area (Å²) < 4.78 is 0. The molecule has 6 heteroatoms. The molecular formula is C16H14ClN3OS. The van der Waals surface area contributed by atoms with Crippen LogP contribution in [0.1, 0.15) is 10.4 Å². The van der Waals surface area contributed by atoms with Gasteiger partial charge in [0.2, 0.25) is 0 Å². The van der Waals surface area contributed by atoms with Crippen LogP contribution in [0.5, 0.6) is 0 Å². The molecular weight excluding hydrogens is 318 g/mol. The molecule has 1 aromatic carbocycles. The summed E-state index contributed by atoms with van der Waals surface area (Å²) in [6.45, 7) is 0.629. The standard InChI is InChI=1S/C16H14ClN3OS/c17-14-4-3-11(10-21)6-15(14)19-8-13-9-20-16(22-13)12-2-1-5-18-7-12/h1-7,9,19,21H,8,10H2. The Hall–Kier alpha value is -1.95. The molecule has 112 valence electrons. The molecule has 2 N–H and O–H groups in total. The van der Waals surface area contributed by atoms with Gasteiger partial charge in [-0.05, 0) is 29.8 Å². The Labute approximate surface area is 137 Å². The van der Waals surface area contributed by atoms with Gasteiger partial charge in [0.15, 0.2) is 0 Å². The number of rotatable bonds is 5. The van der Waals surface area contributed by atoms with E-state index >= 15 is 0 Å².